The second kappa shape index (κ2) is 6.10. The van der Waals surface area contributed by atoms with Gasteiger partial charge in [-0.25, -0.2) is 8.78 Å². The van der Waals surface area contributed by atoms with Crippen molar-refractivity contribution in [2.24, 2.45) is 0 Å². The van der Waals surface area contributed by atoms with E-state index in [2.05, 4.69) is 5.32 Å². The van der Waals surface area contributed by atoms with Gasteiger partial charge in [0.1, 0.15) is 17.3 Å². The lowest BCUT2D eigenvalue weighted by Crippen LogP contribution is -2.44. The molecule has 1 aromatic carbocycles. The predicted octanol–water partition coefficient (Wildman–Crippen LogP) is 2.78. The molecular formula is C14H18F2N2O. The molecule has 3 nitrogen and oxygen atoms in total. The number of amides is 1. The Balaban J connectivity index is 2.04. The van der Waals surface area contributed by atoms with E-state index >= 15 is 0 Å². The second-order valence-corrected chi connectivity index (χ2v) is 4.86. The molecule has 1 N–H and O–H groups in total. The highest BCUT2D eigenvalue weighted by Crippen LogP contribution is 2.19. The van der Waals surface area contributed by atoms with Gasteiger partial charge < -0.3 is 5.32 Å². The fourth-order valence-electron chi connectivity index (χ4n) is 2.32. The van der Waals surface area contributed by atoms with Gasteiger partial charge in [-0.3, -0.25) is 9.69 Å². The molecule has 0 aromatic heterocycles. The molecule has 1 unspecified atom stereocenters. The highest BCUT2D eigenvalue weighted by Gasteiger charge is 2.24. The zero-order valence-electron chi connectivity index (χ0n) is 11.0. The third-order valence-electron chi connectivity index (χ3n) is 3.53. The Morgan fingerprint density at radius 1 is 1.21 bits per heavy atom. The standard InChI is InChI=1S/C14H18F2N2O/c1-10(18-8-3-2-4-9-18)14(19)17-13-11(15)6-5-7-12(13)16/h5-7,10H,2-4,8-9H2,1H3,(H,17,19). The first-order valence-electron chi connectivity index (χ1n) is 6.58. The topological polar surface area (TPSA) is 32.3 Å². The quantitative estimate of drug-likeness (QED) is 0.914. The van der Waals surface area contributed by atoms with Gasteiger partial charge >= 0.3 is 0 Å². The van der Waals surface area contributed by atoms with Crippen molar-refractivity contribution in [2.75, 3.05) is 18.4 Å². The van der Waals surface area contributed by atoms with E-state index < -0.39 is 11.6 Å². The number of halogens is 2. The third kappa shape index (κ3) is 3.29. The minimum absolute atomic E-state index is 0.364. The first-order valence-corrected chi connectivity index (χ1v) is 6.58. The molecular weight excluding hydrogens is 250 g/mol. The number of hydrogen-bond donors (Lipinski definition) is 1. The lowest BCUT2D eigenvalue weighted by atomic mass is 10.1. The van der Waals surface area contributed by atoms with E-state index in [1.165, 1.54) is 12.5 Å². The van der Waals surface area contributed by atoms with Crippen LogP contribution in [-0.4, -0.2) is 29.9 Å². The molecule has 0 spiro atoms. The SMILES string of the molecule is CC(C(=O)Nc1c(F)cccc1F)N1CCCCC1. The number of rotatable bonds is 3. The Kier molecular flexibility index (Phi) is 4.47. The molecule has 1 fully saturated rings. The molecule has 1 amide bonds. The first kappa shape index (κ1) is 13.9. The summed E-state index contributed by atoms with van der Waals surface area (Å²) in [5.74, 6) is -1.87. The number of carbonyl (C=O) groups is 1. The number of carbonyl (C=O) groups excluding carboxylic acids is 1. The Morgan fingerprint density at radius 2 is 1.79 bits per heavy atom. The number of anilines is 1. The summed E-state index contributed by atoms with van der Waals surface area (Å²) in [5, 5.41) is 2.34. The molecule has 1 aromatic rings. The Labute approximate surface area is 111 Å². The van der Waals surface area contributed by atoms with E-state index in [4.69, 9.17) is 0 Å². The van der Waals surface area contributed by atoms with Gasteiger partial charge in [0, 0.05) is 0 Å². The number of hydrogen-bond acceptors (Lipinski definition) is 2. The number of likely N-dealkylation sites (tertiary alicyclic amines) is 1. The summed E-state index contributed by atoms with van der Waals surface area (Å²) in [6, 6.07) is 3.16. The van der Waals surface area contributed by atoms with Crippen LogP contribution < -0.4 is 5.32 Å². The molecule has 19 heavy (non-hydrogen) atoms. The maximum absolute atomic E-state index is 13.4. The van der Waals surface area contributed by atoms with Crippen LogP contribution in [-0.2, 0) is 4.79 Å². The summed E-state index contributed by atoms with van der Waals surface area (Å²) in [5.41, 5.74) is -0.364. The smallest absolute Gasteiger partial charge is 0.241 e. The molecule has 0 aliphatic carbocycles. The molecule has 1 atom stereocenters. The first-order chi connectivity index (χ1) is 9.09. The molecule has 0 bridgehead atoms. The van der Waals surface area contributed by atoms with Crippen molar-refractivity contribution < 1.29 is 13.6 Å². The highest BCUT2D eigenvalue weighted by molar-refractivity contribution is 5.94. The van der Waals surface area contributed by atoms with Crippen molar-refractivity contribution in [1.82, 2.24) is 4.90 Å². The van der Waals surface area contributed by atoms with Gasteiger partial charge in [-0.05, 0) is 45.0 Å². The summed E-state index contributed by atoms with van der Waals surface area (Å²) < 4.78 is 26.9. The van der Waals surface area contributed by atoms with E-state index in [0.717, 1.165) is 38.1 Å². The number of piperidine rings is 1. The fraction of sp³-hybridized carbons (Fsp3) is 0.500. The van der Waals surface area contributed by atoms with Gasteiger partial charge in [0.05, 0.1) is 6.04 Å². The van der Waals surface area contributed by atoms with Crippen LogP contribution >= 0.6 is 0 Å². The van der Waals surface area contributed by atoms with Crippen LogP contribution in [0.15, 0.2) is 18.2 Å². The molecule has 1 aliphatic rings. The average Bonchev–Trinajstić information content (AvgIpc) is 2.43. The Hall–Kier alpha value is -1.49. The Bertz CT molecular complexity index is 439. The van der Waals surface area contributed by atoms with Crippen LogP contribution in [0.25, 0.3) is 0 Å². The number of nitrogens with one attached hydrogen (secondary N) is 1. The molecule has 0 radical (unpaired) electrons. The van der Waals surface area contributed by atoms with Crippen molar-refractivity contribution in [2.45, 2.75) is 32.2 Å². The van der Waals surface area contributed by atoms with Gasteiger partial charge in [0.25, 0.3) is 0 Å². The lowest BCUT2D eigenvalue weighted by molar-refractivity contribution is -0.121. The molecule has 5 heteroatoms. The largest absolute Gasteiger partial charge is 0.320 e. The van der Waals surface area contributed by atoms with Crippen molar-refractivity contribution in [1.29, 1.82) is 0 Å². The third-order valence-corrected chi connectivity index (χ3v) is 3.53. The maximum atomic E-state index is 13.4. The lowest BCUT2D eigenvalue weighted by Gasteiger charge is -2.31. The maximum Gasteiger partial charge on any atom is 0.241 e. The summed E-state index contributed by atoms with van der Waals surface area (Å²) in [4.78, 5) is 14.1. The van der Waals surface area contributed by atoms with Gasteiger partial charge in [0.15, 0.2) is 0 Å². The highest BCUT2D eigenvalue weighted by atomic mass is 19.1. The summed E-state index contributed by atoms with van der Waals surface area (Å²) in [7, 11) is 0. The normalized spacial score (nSPS) is 18.1. The van der Waals surface area contributed by atoms with Crippen LogP contribution in [0.4, 0.5) is 14.5 Å². The molecule has 1 heterocycles. The van der Waals surface area contributed by atoms with Crippen molar-refractivity contribution >= 4 is 11.6 Å². The summed E-state index contributed by atoms with van der Waals surface area (Å²) >= 11 is 0. The van der Waals surface area contributed by atoms with E-state index in [-0.39, 0.29) is 17.6 Å². The van der Waals surface area contributed by atoms with Crippen LogP contribution in [0.2, 0.25) is 0 Å². The van der Waals surface area contributed by atoms with Crippen LogP contribution in [0.3, 0.4) is 0 Å². The molecule has 104 valence electrons. The predicted molar refractivity (Wildman–Crippen MR) is 69.9 cm³/mol. The minimum Gasteiger partial charge on any atom is -0.320 e. The zero-order valence-corrected chi connectivity index (χ0v) is 11.0. The number of para-hydroxylation sites is 1. The van der Waals surface area contributed by atoms with Crippen LogP contribution in [0, 0.1) is 11.6 Å². The van der Waals surface area contributed by atoms with Gasteiger partial charge in [-0.15, -0.1) is 0 Å². The van der Waals surface area contributed by atoms with E-state index in [9.17, 15) is 13.6 Å². The van der Waals surface area contributed by atoms with Gasteiger partial charge in [0.2, 0.25) is 5.91 Å². The summed E-state index contributed by atoms with van der Waals surface area (Å²) in [6.45, 7) is 3.47. The van der Waals surface area contributed by atoms with E-state index in [0.29, 0.717) is 0 Å². The minimum atomic E-state index is -0.751. The van der Waals surface area contributed by atoms with Gasteiger partial charge in [-0.1, -0.05) is 12.5 Å². The molecule has 0 saturated carbocycles. The summed E-state index contributed by atoms with van der Waals surface area (Å²) in [6.07, 6.45) is 3.30. The fourth-order valence-corrected chi connectivity index (χ4v) is 2.32. The Morgan fingerprint density at radius 3 is 2.37 bits per heavy atom. The number of benzene rings is 1. The molecule has 2 rings (SSSR count). The monoisotopic (exact) mass is 268 g/mol. The number of nitrogens with zero attached hydrogens (tertiary/aromatic N) is 1. The van der Waals surface area contributed by atoms with Gasteiger partial charge in [-0.2, -0.15) is 0 Å². The van der Waals surface area contributed by atoms with Crippen molar-refractivity contribution in [3.8, 4) is 0 Å². The van der Waals surface area contributed by atoms with Crippen molar-refractivity contribution in [3.63, 3.8) is 0 Å². The average molecular weight is 268 g/mol. The van der Waals surface area contributed by atoms with Crippen LogP contribution in [0.1, 0.15) is 26.2 Å². The van der Waals surface area contributed by atoms with E-state index in [1.54, 1.807) is 6.92 Å². The molecule has 1 aliphatic heterocycles. The molecule has 1 saturated heterocycles. The van der Waals surface area contributed by atoms with Crippen LogP contribution in [0.5, 0.6) is 0 Å². The van der Waals surface area contributed by atoms with Crippen molar-refractivity contribution in [3.05, 3.63) is 29.8 Å². The zero-order chi connectivity index (χ0) is 13.8. The second-order valence-electron chi connectivity index (χ2n) is 4.86. The van der Waals surface area contributed by atoms with E-state index in [1.807, 2.05) is 4.90 Å².